The summed E-state index contributed by atoms with van der Waals surface area (Å²) in [6, 6.07) is 14.2. The number of nitrogens with one attached hydrogen (secondary N) is 9. The average molecular weight is 1260 g/mol. The van der Waals surface area contributed by atoms with Gasteiger partial charge in [0.05, 0.1) is 12.4 Å². The second-order valence-corrected chi connectivity index (χ2v) is 23.5. The lowest BCUT2D eigenvalue weighted by Crippen LogP contribution is -2.62. The number of carbonyl (C=O) groups excluding carboxylic acids is 10. The highest BCUT2D eigenvalue weighted by Gasteiger charge is 2.37. The number of rotatable bonds is 22. The fourth-order valence-electron chi connectivity index (χ4n) is 8.92. The first kappa shape index (κ1) is 67.5. The average Bonchev–Trinajstić information content (AvgIpc) is 3.55. The topological polar surface area (TPSA) is 405 Å². The number of aliphatic hydroxyl groups is 1. The van der Waals surface area contributed by atoms with Crippen LogP contribution in [0.15, 0.2) is 120 Å². The summed E-state index contributed by atoms with van der Waals surface area (Å²) in [6.07, 6.45) is -0.395. The van der Waals surface area contributed by atoms with Gasteiger partial charge in [0, 0.05) is 47.8 Å². The number of phenols is 2. The van der Waals surface area contributed by atoms with Crippen LogP contribution in [0.2, 0.25) is 5.02 Å². The molecule has 5 aromatic rings. The maximum Gasteiger partial charge on any atom is 0.287 e. The number of aliphatic hydroxyl groups excluding tert-OH is 1. The molecule has 0 radical (unpaired) electrons. The van der Waals surface area contributed by atoms with E-state index in [0.717, 1.165) is 21.6 Å². The molecular formula is C59H70ClN11O14S2. The fraction of sp³-hybridized carbons (Fsp3) is 0.356. The minimum absolute atomic E-state index is 0.0322. The zero-order valence-electron chi connectivity index (χ0n) is 47.4. The lowest BCUT2D eigenvalue weighted by molar-refractivity contribution is -0.136. The van der Waals surface area contributed by atoms with Crippen molar-refractivity contribution in [2.24, 2.45) is 11.5 Å². The number of benzene rings is 4. The quantitative estimate of drug-likeness (QED) is 0.0332. The number of halogens is 1. The predicted molar refractivity (Wildman–Crippen MR) is 324 cm³/mol. The van der Waals surface area contributed by atoms with Crippen molar-refractivity contribution in [1.82, 2.24) is 47.9 Å². The van der Waals surface area contributed by atoms with E-state index in [0.29, 0.717) is 46.7 Å². The molecule has 0 spiro atoms. The molecule has 0 bridgehead atoms. The summed E-state index contributed by atoms with van der Waals surface area (Å²) >= 11 is 6.17. The normalized spacial score (nSPS) is 20.1. The molecule has 87 heavy (non-hydrogen) atoms. The highest BCUT2D eigenvalue weighted by atomic mass is 35.5. The van der Waals surface area contributed by atoms with Crippen molar-refractivity contribution in [3.05, 3.63) is 154 Å². The number of nitrogens with two attached hydrogens (primary N) is 2. The zero-order valence-corrected chi connectivity index (χ0v) is 49.8. The molecule has 25 nitrogen and oxygen atoms in total. The molecule has 28 heteroatoms. The van der Waals surface area contributed by atoms with Gasteiger partial charge in [-0.1, -0.05) is 81.7 Å². The Labute approximate surface area is 513 Å². The summed E-state index contributed by atoms with van der Waals surface area (Å²) in [6.45, 7) is 1.72. The van der Waals surface area contributed by atoms with Crippen molar-refractivity contribution in [2.45, 2.75) is 106 Å². The lowest BCUT2D eigenvalue weighted by Gasteiger charge is -2.29. The van der Waals surface area contributed by atoms with Gasteiger partial charge < -0.3 is 79.1 Å². The highest BCUT2D eigenvalue weighted by Crippen LogP contribution is 2.25. The smallest absolute Gasteiger partial charge is 0.287 e. The molecule has 9 atom stereocenters. The summed E-state index contributed by atoms with van der Waals surface area (Å²) < 4.78 is 5.29. The number of unbranched alkanes of at least 4 members (excludes halogenated alkanes) is 1. The van der Waals surface area contributed by atoms with Crippen molar-refractivity contribution < 1.29 is 67.7 Å². The van der Waals surface area contributed by atoms with Gasteiger partial charge in [-0.3, -0.25) is 47.9 Å². The van der Waals surface area contributed by atoms with Gasteiger partial charge in [-0.2, -0.15) is 0 Å². The second-order valence-electron chi connectivity index (χ2n) is 20.5. The monoisotopic (exact) mass is 1260 g/mol. The maximum absolute atomic E-state index is 15.0. The van der Waals surface area contributed by atoms with Crippen LogP contribution < -0.4 is 59.3 Å². The summed E-state index contributed by atoms with van der Waals surface area (Å²) in [5.74, 6) is -10.2. The van der Waals surface area contributed by atoms with Crippen LogP contribution in [0.5, 0.6) is 11.5 Å². The van der Waals surface area contributed by atoms with Crippen molar-refractivity contribution in [3.8, 4) is 11.5 Å². The van der Waals surface area contributed by atoms with E-state index in [1.54, 1.807) is 31.3 Å². The van der Waals surface area contributed by atoms with Gasteiger partial charge in [0.2, 0.25) is 53.2 Å². The Morgan fingerprint density at radius 3 is 1.72 bits per heavy atom. The molecular weight excluding hydrogens is 1190 g/mol. The number of hydrogen-bond acceptors (Lipinski definition) is 17. The molecule has 0 aliphatic carbocycles. The van der Waals surface area contributed by atoms with Crippen LogP contribution in [0.3, 0.4) is 0 Å². The molecule has 10 amide bonds. The number of amides is 10. The van der Waals surface area contributed by atoms with Gasteiger partial charge in [-0.25, -0.2) is 0 Å². The van der Waals surface area contributed by atoms with E-state index >= 15 is 4.79 Å². The second kappa shape index (κ2) is 33.3. The van der Waals surface area contributed by atoms with Gasteiger partial charge in [-0.15, -0.1) is 0 Å². The number of phenolic OH excluding ortho intramolecular Hbond substituents is 2. The highest BCUT2D eigenvalue weighted by molar-refractivity contribution is 8.76. The van der Waals surface area contributed by atoms with E-state index in [9.17, 15) is 58.5 Å². The fourth-order valence-corrected chi connectivity index (χ4v) is 11.4. The Morgan fingerprint density at radius 2 is 1.17 bits per heavy atom. The minimum Gasteiger partial charge on any atom is -0.508 e. The molecule has 16 N–H and O–H groups in total. The first-order valence-electron chi connectivity index (χ1n) is 27.6. The molecule has 1 saturated heterocycles. The Balaban J connectivity index is 1.43. The third kappa shape index (κ3) is 21.4. The van der Waals surface area contributed by atoms with E-state index < -0.39 is 114 Å². The Kier molecular flexibility index (Phi) is 25.9. The van der Waals surface area contributed by atoms with Gasteiger partial charge >= 0.3 is 0 Å². The first-order chi connectivity index (χ1) is 41.6. The molecule has 2 unspecified atom stereocenters. The molecule has 4 aromatic carbocycles. The Morgan fingerprint density at radius 1 is 0.644 bits per heavy atom. The van der Waals surface area contributed by atoms with Crippen LogP contribution in [-0.2, 0) is 64.0 Å². The summed E-state index contributed by atoms with van der Waals surface area (Å²) in [4.78, 5) is 141. The summed E-state index contributed by atoms with van der Waals surface area (Å²) in [5, 5.41) is 55.7. The molecule has 464 valence electrons. The maximum atomic E-state index is 15.0. The number of primary amides is 2. The Hall–Kier alpha value is -8.63. The molecule has 1 fully saturated rings. The van der Waals surface area contributed by atoms with Gasteiger partial charge in [0.1, 0.15) is 59.8 Å². The van der Waals surface area contributed by atoms with Crippen molar-refractivity contribution in [2.75, 3.05) is 25.1 Å². The van der Waals surface area contributed by atoms with Crippen molar-refractivity contribution >= 4 is 92.3 Å². The molecule has 0 saturated carbocycles. The standard InChI is InChI=1S/C59H70ClN11O14S2/c1-32(72)49-59(84)70-47(56(81)65-42(51(62)76)26-35-12-20-39(73)21-13-35)31-87-86-30-46(69-55(80)45(28-34-10-18-38(60)19-11-34)68-58(83)48-7-5-25-85-48)57(82)67-44(29-36-14-22-40(74)23-15-36)54(79)66-43(27-33-8-16-37(17-9-33)50(61)75)53(78)64-41(52(77)71-49)6-3-4-24-63-2/h5,7-23,25,32,41-47,49,63,72-74H,3-4,6,24,26-31H2,1-2H3,(H2,61,75)(H2,62,76)(H,64,78)(H,65,81)(H,66,79)(H,67,82)(H,68,83)(H,69,80)(H,70,84)(H,71,77)/t32?,41-,42+,43+,44-,45-,46+,47-,49?/m0/s1. The number of furan rings is 1. The molecule has 1 aromatic heterocycles. The molecule has 1 aliphatic heterocycles. The van der Waals surface area contributed by atoms with Crippen LogP contribution in [0.25, 0.3) is 0 Å². The lowest BCUT2D eigenvalue weighted by atomic mass is 10.00. The van der Waals surface area contributed by atoms with E-state index in [1.807, 2.05) is 0 Å². The minimum atomic E-state index is -1.78. The molecule has 1 aliphatic rings. The van der Waals surface area contributed by atoms with Gasteiger partial charge in [-0.05, 0) is 123 Å². The van der Waals surface area contributed by atoms with Crippen LogP contribution >= 0.6 is 33.2 Å². The van der Waals surface area contributed by atoms with E-state index in [2.05, 4.69) is 47.9 Å². The number of carbonyl (C=O) groups is 10. The van der Waals surface area contributed by atoms with Crippen LogP contribution in [0.4, 0.5) is 0 Å². The van der Waals surface area contributed by atoms with Gasteiger partial charge in [0.15, 0.2) is 5.76 Å². The molecule has 2 heterocycles. The van der Waals surface area contributed by atoms with E-state index in [4.69, 9.17) is 27.5 Å². The third-order valence-corrected chi connectivity index (χ3v) is 16.4. The van der Waals surface area contributed by atoms with E-state index in [-0.39, 0.29) is 66.4 Å². The predicted octanol–water partition coefficient (Wildman–Crippen LogP) is 0.557. The van der Waals surface area contributed by atoms with Crippen LogP contribution in [-0.4, -0.2) is 154 Å². The summed E-state index contributed by atoms with van der Waals surface area (Å²) in [7, 11) is 3.54. The number of hydrogen-bond donors (Lipinski definition) is 14. The largest absolute Gasteiger partial charge is 0.508 e. The van der Waals surface area contributed by atoms with E-state index in [1.165, 1.54) is 98.1 Å². The summed E-state index contributed by atoms with van der Waals surface area (Å²) in [5.41, 5.74) is 13.3. The van der Waals surface area contributed by atoms with Crippen LogP contribution in [0.1, 0.15) is 69.4 Å². The first-order valence-corrected chi connectivity index (χ1v) is 30.5. The van der Waals surface area contributed by atoms with Gasteiger partial charge in [0.25, 0.3) is 5.91 Å². The van der Waals surface area contributed by atoms with Crippen molar-refractivity contribution in [1.29, 1.82) is 0 Å². The number of aromatic hydroxyl groups is 2. The zero-order chi connectivity index (χ0) is 63.2. The van der Waals surface area contributed by atoms with Crippen molar-refractivity contribution in [3.63, 3.8) is 0 Å². The van der Waals surface area contributed by atoms with Crippen LogP contribution in [0, 0.1) is 0 Å². The molecule has 6 rings (SSSR count). The third-order valence-electron chi connectivity index (χ3n) is 13.8. The SMILES string of the molecule is CNCCCC[C@@H]1NC(=O)[C@@H](Cc2ccc(C(N)=O)cc2)NC(=O)[C@H](Cc2ccc(O)cc2)NC(=O)[C@H](NC(=O)[C@H](Cc2ccc(Cl)cc2)NC(=O)c2ccco2)CSSC[C@@H](C(=O)N[C@H](Cc2ccc(O)cc2)C(N)=O)NC(=O)C(C(C)O)NC1=O. The Bertz CT molecular complexity index is 3180.